The molecule has 0 radical (unpaired) electrons. The number of hydrogen-bond acceptors (Lipinski definition) is 3. The number of nitrogens with one attached hydrogen (secondary N) is 1. The third-order valence-corrected chi connectivity index (χ3v) is 0.915. The zero-order chi connectivity index (χ0) is 8.85. The van der Waals surface area contributed by atoms with Crippen molar-refractivity contribution in [2.24, 2.45) is 5.73 Å². The van der Waals surface area contributed by atoms with E-state index in [-0.39, 0.29) is 11.4 Å². The quantitative estimate of drug-likeness (QED) is 0.538. The van der Waals surface area contributed by atoms with Crippen molar-refractivity contribution in [2.45, 2.75) is 13.8 Å². The first-order valence-corrected chi connectivity index (χ1v) is 3.30. The molecule has 1 rings (SSSR count). The zero-order valence-corrected chi connectivity index (χ0v) is 6.59. The SMILES string of the molecule is CC.NC(=O)c1[nH]ncc1N. The van der Waals surface area contributed by atoms with E-state index in [2.05, 4.69) is 10.2 Å². The molecule has 1 aromatic rings. The van der Waals surface area contributed by atoms with Gasteiger partial charge in [-0.25, -0.2) is 0 Å². The summed E-state index contributed by atoms with van der Waals surface area (Å²) in [5.41, 5.74) is 10.6. The number of nitrogen functional groups attached to an aromatic ring is 1. The Morgan fingerprint density at radius 2 is 2.18 bits per heavy atom. The molecule has 0 aliphatic heterocycles. The number of anilines is 1. The molecule has 0 saturated heterocycles. The Balaban J connectivity index is 0.000000461. The minimum atomic E-state index is -0.593. The molecule has 5 nitrogen and oxygen atoms in total. The largest absolute Gasteiger partial charge is 0.396 e. The highest BCUT2D eigenvalue weighted by molar-refractivity contribution is 5.95. The number of nitrogens with zero attached hydrogens (tertiary/aromatic N) is 1. The lowest BCUT2D eigenvalue weighted by molar-refractivity contribution is 0.0996. The van der Waals surface area contributed by atoms with Crippen molar-refractivity contribution < 1.29 is 4.79 Å². The van der Waals surface area contributed by atoms with Crippen LogP contribution < -0.4 is 11.5 Å². The van der Waals surface area contributed by atoms with E-state index in [0.717, 1.165) is 0 Å². The normalized spacial score (nSPS) is 8.18. The lowest BCUT2D eigenvalue weighted by atomic mass is 10.4. The Hall–Kier alpha value is -1.52. The number of hydrogen-bond donors (Lipinski definition) is 3. The number of rotatable bonds is 1. The third kappa shape index (κ3) is 2.29. The van der Waals surface area contributed by atoms with Crippen molar-refractivity contribution in [3.63, 3.8) is 0 Å². The molecule has 0 aliphatic carbocycles. The molecule has 0 bridgehead atoms. The summed E-state index contributed by atoms with van der Waals surface area (Å²) in [4.78, 5) is 10.4. The topological polar surface area (TPSA) is 97.8 Å². The first-order chi connectivity index (χ1) is 5.22. The summed E-state index contributed by atoms with van der Waals surface area (Å²) < 4.78 is 0. The van der Waals surface area contributed by atoms with Crippen LogP contribution in [0.15, 0.2) is 6.20 Å². The van der Waals surface area contributed by atoms with Gasteiger partial charge in [-0.1, -0.05) is 13.8 Å². The molecule has 1 amide bonds. The van der Waals surface area contributed by atoms with Crippen LogP contribution in [0.4, 0.5) is 5.69 Å². The number of carbonyl (C=O) groups excluding carboxylic acids is 1. The van der Waals surface area contributed by atoms with Crippen molar-refractivity contribution >= 4 is 11.6 Å². The number of primary amides is 1. The molecule has 0 aromatic carbocycles. The number of nitrogens with two attached hydrogens (primary N) is 2. The van der Waals surface area contributed by atoms with E-state index in [4.69, 9.17) is 11.5 Å². The summed E-state index contributed by atoms with van der Waals surface area (Å²) in [7, 11) is 0. The van der Waals surface area contributed by atoms with Gasteiger partial charge < -0.3 is 11.5 Å². The summed E-state index contributed by atoms with van der Waals surface area (Å²) >= 11 is 0. The number of carbonyl (C=O) groups is 1. The molecule has 0 saturated carbocycles. The highest BCUT2D eigenvalue weighted by Crippen LogP contribution is 2.02. The number of H-pyrrole nitrogens is 1. The predicted molar refractivity (Wildman–Crippen MR) is 42.9 cm³/mol. The van der Waals surface area contributed by atoms with Crippen LogP contribution in [-0.2, 0) is 0 Å². The van der Waals surface area contributed by atoms with Gasteiger partial charge in [0.15, 0.2) is 0 Å². The maximum Gasteiger partial charge on any atom is 0.268 e. The Morgan fingerprint density at radius 1 is 1.64 bits per heavy atom. The number of aromatic nitrogens is 2. The van der Waals surface area contributed by atoms with Crippen LogP contribution in [0, 0.1) is 0 Å². The minimum Gasteiger partial charge on any atom is -0.396 e. The molecule has 62 valence electrons. The standard InChI is InChI=1S/C4H6N4O.C2H6/c5-2-1-7-8-3(2)4(6)9;1-2/h1H,5H2,(H2,6,9)(H,7,8);1-2H3. The predicted octanol–water partition coefficient (Wildman–Crippen LogP) is 0.117. The monoisotopic (exact) mass is 156 g/mol. The van der Waals surface area contributed by atoms with Gasteiger partial charge in [-0.05, 0) is 0 Å². The van der Waals surface area contributed by atoms with Crippen LogP contribution in [0.1, 0.15) is 24.3 Å². The molecule has 1 heterocycles. The molecule has 5 heteroatoms. The molecule has 0 unspecified atom stereocenters. The summed E-state index contributed by atoms with van der Waals surface area (Å²) in [5.74, 6) is -0.593. The summed E-state index contributed by atoms with van der Waals surface area (Å²) in [6.07, 6.45) is 1.33. The Morgan fingerprint density at radius 3 is 2.36 bits per heavy atom. The smallest absolute Gasteiger partial charge is 0.268 e. The number of aromatic amines is 1. The van der Waals surface area contributed by atoms with E-state index in [9.17, 15) is 4.79 Å². The molecule has 1 aromatic heterocycles. The van der Waals surface area contributed by atoms with Gasteiger partial charge in [0.1, 0.15) is 5.69 Å². The van der Waals surface area contributed by atoms with E-state index in [1.54, 1.807) is 0 Å². The van der Waals surface area contributed by atoms with E-state index >= 15 is 0 Å². The van der Waals surface area contributed by atoms with Crippen molar-refractivity contribution in [3.05, 3.63) is 11.9 Å². The second-order valence-corrected chi connectivity index (χ2v) is 1.56. The summed E-state index contributed by atoms with van der Waals surface area (Å²) in [6.45, 7) is 4.00. The van der Waals surface area contributed by atoms with Gasteiger partial charge in [-0.3, -0.25) is 9.89 Å². The fourth-order valence-electron chi connectivity index (χ4n) is 0.493. The molecule has 0 spiro atoms. The lowest BCUT2D eigenvalue weighted by Crippen LogP contribution is -2.13. The van der Waals surface area contributed by atoms with Gasteiger partial charge in [0.2, 0.25) is 0 Å². The minimum absolute atomic E-state index is 0.162. The van der Waals surface area contributed by atoms with E-state index < -0.39 is 5.91 Å². The van der Waals surface area contributed by atoms with Gasteiger partial charge >= 0.3 is 0 Å². The average molecular weight is 156 g/mol. The summed E-state index contributed by atoms with van der Waals surface area (Å²) in [6, 6.07) is 0. The first-order valence-electron chi connectivity index (χ1n) is 3.30. The van der Waals surface area contributed by atoms with Crippen molar-refractivity contribution in [2.75, 3.05) is 5.73 Å². The fraction of sp³-hybridized carbons (Fsp3) is 0.333. The van der Waals surface area contributed by atoms with Gasteiger partial charge in [0, 0.05) is 0 Å². The van der Waals surface area contributed by atoms with Crippen LogP contribution in [0.3, 0.4) is 0 Å². The van der Waals surface area contributed by atoms with Gasteiger partial charge in [0.25, 0.3) is 5.91 Å². The van der Waals surface area contributed by atoms with Crippen molar-refractivity contribution in [1.82, 2.24) is 10.2 Å². The van der Waals surface area contributed by atoms with E-state index in [1.807, 2.05) is 13.8 Å². The molecular formula is C6H12N4O. The second kappa shape index (κ2) is 4.32. The van der Waals surface area contributed by atoms with Gasteiger partial charge in [-0.2, -0.15) is 5.10 Å². The summed E-state index contributed by atoms with van der Waals surface area (Å²) in [5, 5.41) is 5.85. The van der Waals surface area contributed by atoms with Crippen LogP contribution >= 0.6 is 0 Å². The van der Waals surface area contributed by atoms with Crippen LogP contribution in [0.2, 0.25) is 0 Å². The third-order valence-electron chi connectivity index (χ3n) is 0.915. The highest BCUT2D eigenvalue weighted by Gasteiger charge is 2.04. The first kappa shape index (κ1) is 9.48. The maximum atomic E-state index is 10.4. The van der Waals surface area contributed by atoms with Gasteiger partial charge in [-0.15, -0.1) is 0 Å². The lowest BCUT2D eigenvalue weighted by Gasteiger charge is -1.87. The van der Waals surface area contributed by atoms with Crippen LogP contribution in [0.5, 0.6) is 0 Å². The van der Waals surface area contributed by atoms with Crippen molar-refractivity contribution in [3.8, 4) is 0 Å². The van der Waals surface area contributed by atoms with Crippen LogP contribution in [-0.4, -0.2) is 16.1 Å². The Labute approximate surface area is 64.8 Å². The Kier molecular flexibility index (Phi) is 3.72. The molecular weight excluding hydrogens is 144 g/mol. The number of amides is 1. The second-order valence-electron chi connectivity index (χ2n) is 1.56. The molecule has 11 heavy (non-hydrogen) atoms. The van der Waals surface area contributed by atoms with Gasteiger partial charge in [0.05, 0.1) is 11.9 Å². The molecule has 0 aliphatic rings. The maximum absolute atomic E-state index is 10.4. The van der Waals surface area contributed by atoms with E-state index in [0.29, 0.717) is 0 Å². The van der Waals surface area contributed by atoms with Crippen LogP contribution in [0.25, 0.3) is 0 Å². The average Bonchev–Trinajstić information content (AvgIpc) is 2.39. The van der Waals surface area contributed by atoms with E-state index in [1.165, 1.54) is 6.20 Å². The Bertz CT molecular complexity index is 230. The molecule has 0 atom stereocenters. The zero-order valence-electron chi connectivity index (χ0n) is 6.59. The molecule has 0 fully saturated rings. The molecule has 5 N–H and O–H groups in total. The van der Waals surface area contributed by atoms with Crippen molar-refractivity contribution in [1.29, 1.82) is 0 Å². The fourth-order valence-corrected chi connectivity index (χ4v) is 0.493. The highest BCUT2D eigenvalue weighted by atomic mass is 16.1.